The van der Waals surface area contributed by atoms with E-state index >= 15 is 0 Å². The maximum absolute atomic E-state index is 13.1. The van der Waals surface area contributed by atoms with Crippen LogP contribution in [0.3, 0.4) is 0 Å². The highest BCUT2D eigenvalue weighted by molar-refractivity contribution is 5.94. The molecule has 1 amide bonds. The molecule has 1 atom stereocenters. The van der Waals surface area contributed by atoms with Gasteiger partial charge >= 0.3 is 0 Å². The van der Waals surface area contributed by atoms with Crippen LogP contribution in [-0.2, 0) is 6.54 Å². The van der Waals surface area contributed by atoms with Crippen molar-refractivity contribution in [1.82, 2.24) is 4.90 Å². The molecule has 0 bridgehead atoms. The van der Waals surface area contributed by atoms with Gasteiger partial charge in [-0.2, -0.15) is 0 Å². The van der Waals surface area contributed by atoms with Crippen LogP contribution in [-0.4, -0.2) is 16.8 Å². The van der Waals surface area contributed by atoms with Gasteiger partial charge in [0, 0.05) is 18.2 Å². The molecule has 3 nitrogen and oxygen atoms in total. The van der Waals surface area contributed by atoms with Crippen molar-refractivity contribution in [3.63, 3.8) is 0 Å². The second-order valence-electron chi connectivity index (χ2n) is 7.12. The molecule has 3 heteroatoms. The lowest BCUT2D eigenvalue weighted by Gasteiger charge is -2.29. The van der Waals surface area contributed by atoms with Gasteiger partial charge in [-0.05, 0) is 62.2 Å². The second kappa shape index (κ2) is 9.23. The van der Waals surface area contributed by atoms with Gasteiger partial charge in [-0.1, -0.05) is 55.0 Å². The molecule has 0 N–H and O–H groups in total. The molecule has 0 saturated carbocycles. The second-order valence-corrected chi connectivity index (χ2v) is 7.12. The maximum atomic E-state index is 13.1. The average Bonchev–Trinajstić information content (AvgIpc) is 2.72. The van der Waals surface area contributed by atoms with Crippen LogP contribution < -0.4 is 4.74 Å². The van der Waals surface area contributed by atoms with Crippen LogP contribution in [0.4, 0.5) is 0 Å². The molecule has 3 rings (SSSR count). The van der Waals surface area contributed by atoms with Crippen molar-refractivity contribution >= 4 is 5.91 Å². The van der Waals surface area contributed by atoms with E-state index in [-0.39, 0.29) is 11.9 Å². The van der Waals surface area contributed by atoms with E-state index in [1.807, 2.05) is 90.7 Å². The van der Waals surface area contributed by atoms with Crippen LogP contribution in [0.25, 0.3) is 0 Å². The standard InChI is InChI=1S/C25H27NO2/c1-4-20(3)26(25(27)22-15-13-19(2)14-16-22)18-21-9-8-12-24(17-21)28-23-10-6-5-7-11-23/h5-17,20H,4,18H2,1-3H3. The fourth-order valence-corrected chi connectivity index (χ4v) is 3.04. The minimum absolute atomic E-state index is 0.0590. The molecule has 3 aromatic carbocycles. The first-order chi connectivity index (χ1) is 13.6. The number of carbonyl (C=O) groups is 1. The molecule has 144 valence electrons. The Bertz CT molecular complexity index is 903. The van der Waals surface area contributed by atoms with Gasteiger partial charge in [0.05, 0.1) is 0 Å². The summed E-state index contributed by atoms with van der Waals surface area (Å²) < 4.78 is 5.94. The third-order valence-corrected chi connectivity index (χ3v) is 4.91. The SMILES string of the molecule is CCC(C)N(Cc1cccc(Oc2ccccc2)c1)C(=O)c1ccc(C)cc1. The van der Waals surface area contributed by atoms with Gasteiger partial charge in [-0.25, -0.2) is 0 Å². The number of para-hydroxylation sites is 1. The van der Waals surface area contributed by atoms with E-state index in [2.05, 4.69) is 13.8 Å². The smallest absolute Gasteiger partial charge is 0.254 e. The zero-order valence-corrected chi connectivity index (χ0v) is 16.8. The van der Waals surface area contributed by atoms with E-state index in [0.717, 1.165) is 34.6 Å². The molecule has 0 aliphatic heterocycles. The number of benzene rings is 3. The first kappa shape index (κ1) is 19.7. The highest BCUT2D eigenvalue weighted by Gasteiger charge is 2.21. The van der Waals surface area contributed by atoms with E-state index in [0.29, 0.717) is 6.54 Å². The molecule has 0 heterocycles. The highest BCUT2D eigenvalue weighted by atomic mass is 16.5. The minimum atomic E-state index is 0.0590. The zero-order chi connectivity index (χ0) is 19.9. The molecule has 0 saturated heterocycles. The van der Waals surface area contributed by atoms with E-state index in [1.165, 1.54) is 0 Å². The third kappa shape index (κ3) is 5.01. The Hall–Kier alpha value is -3.07. The van der Waals surface area contributed by atoms with Crippen molar-refractivity contribution in [3.05, 3.63) is 95.6 Å². The molecule has 0 spiro atoms. The lowest BCUT2D eigenvalue weighted by Crippen LogP contribution is -2.37. The predicted octanol–water partition coefficient (Wildman–Crippen LogP) is 6.23. The Kier molecular flexibility index (Phi) is 6.49. The monoisotopic (exact) mass is 373 g/mol. The van der Waals surface area contributed by atoms with Crippen LogP contribution in [0.2, 0.25) is 0 Å². The minimum Gasteiger partial charge on any atom is -0.457 e. The first-order valence-corrected chi connectivity index (χ1v) is 9.76. The van der Waals surface area contributed by atoms with Crippen LogP contribution in [0.1, 0.15) is 41.8 Å². The van der Waals surface area contributed by atoms with Crippen molar-refractivity contribution in [1.29, 1.82) is 0 Å². The van der Waals surface area contributed by atoms with Gasteiger partial charge in [0.25, 0.3) is 5.91 Å². The van der Waals surface area contributed by atoms with E-state index in [4.69, 9.17) is 4.74 Å². The average molecular weight is 373 g/mol. The van der Waals surface area contributed by atoms with Crippen molar-refractivity contribution in [2.45, 2.75) is 39.8 Å². The molecule has 0 aliphatic carbocycles. The van der Waals surface area contributed by atoms with Crippen molar-refractivity contribution in [2.24, 2.45) is 0 Å². The summed E-state index contributed by atoms with van der Waals surface area (Å²) in [5, 5.41) is 0. The lowest BCUT2D eigenvalue weighted by atomic mass is 10.1. The molecular weight excluding hydrogens is 346 g/mol. The van der Waals surface area contributed by atoms with Gasteiger partial charge in [-0.15, -0.1) is 0 Å². The summed E-state index contributed by atoms with van der Waals surface area (Å²) in [5.74, 6) is 1.63. The molecule has 28 heavy (non-hydrogen) atoms. The maximum Gasteiger partial charge on any atom is 0.254 e. The van der Waals surface area contributed by atoms with Crippen LogP contribution in [0, 0.1) is 6.92 Å². The van der Waals surface area contributed by atoms with Gasteiger partial charge in [0.15, 0.2) is 0 Å². The van der Waals surface area contributed by atoms with Crippen molar-refractivity contribution in [2.75, 3.05) is 0 Å². The van der Waals surface area contributed by atoms with Gasteiger partial charge < -0.3 is 9.64 Å². The van der Waals surface area contributed by atoms with E-state index in [1.54, 1.807) is 0 Å². The number of nitrogens with zero attached hydrogens (tertiary/aromatic N) is 1. The first-order valence-electron chi connectivity index (χ1n) is 9.76. The van der Waals surface area contributed by atoms with Crippen molar-refractivity contribution in [3.8, 4) is 11.5 Å². The fraction of sp³-hybridized carbons (Fsp3) is 0.240. The molecule has 3 aromatic rings. The highest BCUT2D eigenvalue weighted by Crippen LogP contribution is 2.23. The fourth-order valence-electron chi connectivity index (χ4n) is 3.04. The number of carbonyl (C=O) groups excluding carboxylic acids is 1. The van der Waals surface area contributed by atoms with Crippen LogP contribution in [0.15, 0.2) is 78.9 Å². The molecule has 0 fully saturated rings. The van der Waals surface area contributed by atoms with Crippen molar-refractivity contribution < 1.29 is 9.53 Å². The number of amides is 1. The molecule has 0 radical (unpaired) electrons. The van der Waals surface area contributed by atoms with E-state index < -0.39 is 0 Å². The number of rotatable bonds is 7. The molecule has 0 aliphatic rings. The topological polar surface area (TPSA) is 29.5 Å². The summed E-state index contributed by atoms with van der Waals surface area (Å²) in [5.41, 5.74) is 2.93. The summed E-state index contributed by atoms with van der Waals surface area (Å²) in [6.45, 7) is 6.78. The predicted molar refractivity (Wildman–Crippen MR) is 114 cm³/mol. The Balaban J connectivity index is 1.80. The number of aryl methyl sites for hydroxylation is 1. The summed E-state index contributed by atoms with van der Waals surface area (Å²) in [6, 6.07) is 25.6. The number of hydrogen-bond donors (Lipinski definition) is 0. The molecular formula is C25H27NO2. The normalized spacial score (nSPS) is 11.7. The summed E-state index contributed by atoms with van der Waals surface area (Å²) in [6.07, 6.45) is 0.901. The molecule has 1 unspecified atom stereocenters. The Morgan fingerprint density at radius 3 is 2.29 bits per heavy atom. The van der Waals surface area contributed by atoms with Gasteiger partial charge in [-0.3, -0.25) is 4.79 Å². The third-order valence-electron chi connectivity index (χ3n) is 4.91. The largest absolute Gasteiger partial charge is 0.457 e. The van der Waals surface area contributed by atoms with E-state index in [9.17, 15) is 4.79 Å². The number of ether oxygens (including phenoxy) is 1. The summed E-state index contributed by atoms with van der Waals surface area (Å²) >= 11 is 0. The number of hydrogen-bond acceptors (Lipinski definition) is 2. The van der Waals surface area contributed by atoms with Gasteiger partial charge in [0.1, 0.15) is 11.5 Å². The van der Waals surface area contributed by atoms with Gasteiger partial charge in [0.2, 0.25) is 0 Å². The van der Waals surface area contributed by atoms with Crippen LogP contribution >= 0.6 is 0 Å². The van der Waals surface area contributed by atoms with Crippen LogP contribution in [0.5, 0.6) is 11.5 Å². The Morgan fingerprint density at radius 1 is 0.929 bits per heavy atom. The Morgan fingerprint density at radius 2 is 1.61 bits per heavy atom. The Labute approximate surface area is 167 Å². The summed E-state index contributed by atoms with van der Waals surface area (Å²) in [7, 11) is 0. The zero-order valence-electron chi connectivity index (χ0n) is 16.8. The lowest BCUT2D eigenvalue weighted by molar-refractivity contribution is 0.0671. The summed E-state index contributed by atoms with van der Waals surface area (Å²) in [4.78, 5) is 15.1. The molecule has 0 aromatic heterocycles. The quantitative estimate of drug-likeness (QED) is 0.491.